The van der Waals surface area contributed by atoms with Crippen molar-refractivity contribution >= 4 is 29.2 Å². The molecule has 1 N–H and O–H groups in total. The average molecular weight is 362 g/mol. The van der Waals surface area contributed by atoms with Gasteiger partial charge in [-0.2, -0.15) is 0 Å². The molecule has 26 heavy (non-hydrogen) atoms. The van der Waals surface area contributed by atoms with Crippen molar-refractivity contribution in [2.75, 3.05) is 13.1 Å². The van der Waals surface area contributed by atoms with E-state index in [2.05, 4.69) is 4.99 Å². The number of hydrogen-bond donors (Lipinski definition) is 1. The zero-order valence-electron chi connectivity index (χ0n) is 14.2. The van der Waals surface area contributed by atoms with Crippen molar-refractivity contribution in [3.05, 3.63) is 62.4 Å². The third-order valence-electron chi connectivity index (χ3n) is 3.38. The normalized spacial score (nSPS) is 11.8. The van der Waals surface area contributed by atoms with Gasteiger partial charge in [0, 0.05) is 25.4 Å². The SMILES string of the molecule is CCN(CC)C(=O)C(=C\O)/C=C/C=Nc1ccc([N+](=O)[O-])cc1[N+](=O)[O-]. The molecule has 0 spiro atoms. The van der Waals surface area contributed by atoms with Crippen LogP contribution in [-0.4, -0.2) is 45.1 Å². The summed E-state index contributed by atoms with van der Waals surface area (Å²) in [6.07, 6.45) is 4.49. The Labute approximate surface area is 149 Å². The maximum atomic E-state index is 12.1. The first-order valence-electron chi connectivity index (χ1n) is 7.62. The number of benzene rings is 1. The lowest BCUT2D eigenvalue weighted by atomic mass is 10.2. The van der Waals surface area contributed by atoms with E-state index in [1.54, 1.807) is 13.8 Å². The molecular weight excluding hydrogens is 344 g/mol. The molecule has 0 saturated carbocycles. The van der Waals surface area contributed by atoms with E-state index < -0.39 is 21.2 Å². The molecule has 0 aromatic heterocycles. The Morgan fingerprint density at radius 2 is 1.88 bits per heavy atom. The van der Waals surface area contributed by atoms with Gasteiger partial charge in [-0.25, -0.2) is 4.99 Å². The van der Waals surface area contributed by atoms with E-state index in [9.17, 15) is 30.1 Å². The Hall–Kier alpha value is -3.56. The number of rotatable bonds is 8. The van der Waals surface area contributed by atoms with Crippen LogP contribution in [0.1, 0.15) is 13.8 Å². The highest BCUT2D eigenvalue weighted by Crippen LogP contribution is 2.30. The number of amides is 1. The van der Waals surface area contributed by atoms with Gasteiger partial charge >= 0.3 is 5.69 Å². The summed E-state index contributed by atoms with van der Waals surface area (Å²) in [5.74, 6) is -0.372. The van der Waals surface area contributed by atoms with Gasteiger partial charge in [-0.05, 0) is 32.1 Å². The van der Waals surface area contributed by atoms with Gasteiger partial charge in [0.1, 0.15) is 5.69 Å². The van der Waals surface area contributed by atoms with Crippen molar-refractivity contribution < 1.29 is 19.7 Å². The number of non-ortho nitro benzene ring substituents is 1. The number of carbonyl (C=O) groups excluding carboxylic acids is 1. The van der Waals surface area contributed by atoms with Gasteiger partial charge < -0.3 is 10.0 Å². The molecule has 0 radical (unpaired) electrons. The van der Waals surface area contributed by atoms with Crippen molar-refractivity contribution in [1.82, 2.24) is 4.90 Å². The van der Waals surface area contributed by atoms with E-state index in [0.717, 1.165) is 18.2 Å². The summed E-state index contributed by atoms with van der Waals surface area (Å²) in [5, 5.41) is 30.9. The topological polar surface area (TPSA) is 139 Å². The second kappa shape index (κ2) is 9.67. The van der Waals surface area contributed by atoms with Crippen LogP contribution < -0.4 is 0 Å². The van der Waals surface area contributed by atoms with Crippen LogP contribution >= 0.6 is 0 Å². The largest absolute Gasteiger partial charge is 0.515 e. The lowest BCUT2D eigenvalue weighted by molar-refractivity contribution is -0.393. The van der Waals surface area contributed by atoms with Crippen LogP contribution in [0.3, 0.4) is 0 Å². The molecule has 10 nitrogen and oxygen atoms in total. The molecule has 0 aliphatic rings. The number of nitro benzene ring substituents is 2. The summed E-state index contributed by atoms with van der Waals surface area (Å²) in [4.78, 5) is 37.7. The van der Waals surface area contributed by atoms with E-state index in [1.807, 2.05) is 0 Å². The fraction of sp³-hybridized carbons (Fsp3) is 0.250. The second-order valence-electron chi connectivity index (χ2n) is 4.89. The number of aliphatic hydroxyl groups is 1. The van der Waals surface area contributed by atoms with Crippen molar-refractivity contribution in [3.8, 4) is 0 Å². The summed E-state index contributed by atoms with van der Waals surface area (Å²) in [7, 11) is 0. The fourth-order valence-electron chi connectivity index (χ4n) is 2.01. The van der Waals surface area contributed by atoms with Crippen molar-refractivity contribution in [3.63, 3.8) is 0 Å². The number of aliphatic imine (C=N–C) groups is 1. The molecule has 0 bridgehead atoms. The first-order valence-corrected chi connectivity index (χ1v) is 7.62. The Bertz CT molecular complexity index is 781. The van der Waals surface area contributed by atoms with Crippen LogP contribution in [0.4, 0.5) is 17.1 Å². The van der Waals surface area contributed by atoms with E-state index in [1.165, 1.54) is 23.3 Å². The fourth-order valence-corrected chi connectivity index (χ4v) is 2.01. The molecule has 0 unspecified atom stereocenters. The average Bonchev–Trinajstić information content (AvgIpc) is 2.62. The summed E-state index contributed by atoms with van der Waals surface area (Å²) in [6, 6.07) is 3.08. The van der Waals surface area contributed by atoms with Gasteiger partial charge in [-0.1, -0.05) is 0 Å². The predicted molar refractivity (Wildman–Crippen MR) is 95.7 cm³/mol. The van der Waals surface area contributed by atoms with Crippen LogP contribution in [0.25, 0.3) is 0 Å². The molecule has 1 aromatic carbocycles. The van der Waals surface area contributed by atoms with Crippen molar-refractivity contribution in [1.29, 1.82) is 0 Å². The summed E-state index contributed by atoms with van der Waals surface area (Å²) < 4.78 is 0. The van der Waals surface area contributed by atoms with E-state index in [4.69, 9.17) is 0 Å². The monoisotopic (exact) mass is 362 g/mol. The second-order valence-corrected chi connectivity index (χ2v) is 4.89. The predicted octanol–water partition coefficient (Wildman–Crippen LogP) is 3.07. The lowest BCUT2D eigenvalue weighted by Crippen LogP contribution is -2.31. The van der Waals surface area contributed by atoms with E-state index >= 15 is 0 Å². The number of nitro groups is 2. The molecule has 0 atom stereocenters. The molecule has 0 fully saturated rings. The highest BCUT2D eigenvalue weighted by atomic mass is 16.6. The standard InChI is InChI=1S/C16H18N4O6/c1-3-18(4-2)16(22)12(11-21)6-5-9-17-14-8-7-13(19(23)24)10-15(14)20(25)26/h5-11,21H,3-4H2,1-2H3/b6-5+,12-11-,17-9?. The third-order valence-corrected chi connectivity index (χ3v) is 3.38. The van der Waals surface area contributed by atoms with Crippen LogP contribution in [0, 0.1) is 20.2 Å². The quantitative estimate of drug-likeness (QED) is 0.188. The number of likely N-dealkylation sites (N-methyl/N-ethyl adjacent to an activating group) is 1. The first kappa shape index (κ1) is 20.5. The summed E-state index contributed by atoms with van der Waals surface area (Å²) in [5.41, 5.74) is -0.976. The van der Waals surface area contributed by atoms with Crippen LogP contribution in [0.15, 0.2) is 47.2 Å². The van der Waals surface area contributed by atoms with Gasteiger partial charge in [-0.15, -0.1) is 0 Å². The van der Waals surface area contributed by atoms with Crippen LogP contribution in [0.5, 0.6) is 0 Å². The Kier molecular flexibility index (Phi) is 7.62. The smallest absolute Gasteiger partial charge is 0.301 e. The molecular formula is C16H18N4O6. The minimum atomic E-state index is -0.771. The molecule has 10 heteroatoms. The first-order chi connectivity index (χ1) is 12.3. The Balaban J connectivity index is 3.00. The van der Waals surface area contributed by atoms with Gasteiger partial charge in [0.05, 0.1) is 27.7 Å². The number of aliphatic hydroxyl groups excluding tert-OH is 1. The molecule has 1 amide bonds. The van der Waals surface area contributed by atoms with Gasteiger partial charge in [0.15, 0.2) is 0 Å². The van der Waals surface area contributed by atoms with Gasteiger partial charge in [-0.3, -0.25) is 25.0 Å². The maximum absolute atomic E-state index is 12.1. The van der Waals surface area contributed by atoms with Crippen molar-refractivity contribution in [2.24, 2.45) is 4.99 Å². The van der Waals surface area contributed by atoms with Crippen LogP contribution in [0.2, 0.25) is 0 Å². The molecule has 0 aliphatic carbocycles. The Morgan fingerprint density at radius 1 is 1.23 bits per heavy atom. The molecule has 1 aromatic rings. The van der Waals surface area contributed by atoms with E-state index in [0.29, 0.717) is 19.4 Å². The summed E-state index contributed by atoms with van der Waals surface area (Å²) in [6.45, 7) is 4.55. The lowest BCUT2D eigenvalue weighted by Gasteiger charge is -2.18. The molecule has 0 aliphatic heterocycles. The minimum Gasteiger partial charge on any atom is -0.515 e. The number of allylic oxidation sites excluding steroid dienone is 1. The molecule has 1 rings (SSSR count). The highest BCUT2D eigenvalue weighted by molar-refractivity contribution is 5.97. The Morgan fingerprint density at radius 3 is 2.38 bits per heavy atom. The molecule has 0 heterocycles. The van der Waals surface area contributed by atoms with Crippen LogP contribution in [-0.2, 0) is 4.79 Å². The zero-order valence-corrected chi connectivity index (χ0v) is 14.2. The maximum Gasteiger partial charge on any atom is 0.301 e. The minimum absolute atomic E-state index is 0.0262. The van der Waals surface area contributed by atoms with E-state index in [-0.39, 0.29) is 17.2 Å². The molecule has 138 valence electrons. The number of nitrogens with zero attached hydrogens (tertiary/aromatic N) is 4. The summed E-state index contributed by atoms with van der Waals surface area (Å²) >= 11 is 0. The van der Waals surface area contributed by atoms with Gasteiger partial charge in [0.2, 0.25) is 0 Å². The number of carbonyl (C=O) groups is 1. The zero-order chi connectivity index (χ0) is 19.7. The number of hydrogen-bond acceptors (Lipinski definition) is 7. The third kappa shape index (κ3) is 5.23. The molecule has 0 saturated heterocycles. The van der Waals surface area contributed by atoms with Gasteiger partial charge in [0.25, 0.3) is 11.6 Å². The highest BCUT2D eigenvalue weighted by Gasteiger charge is 2.18. The van der Waals surface area contributed by atoms with Crippen molar-refractivity contribution in [2.45, 2.75) is 13.8 Å².